The fourth-order valence-electron chi connectivity index (χ4n) is 1.01. The Morgan fingerprint density at radius 2 is 1.75 bits per heavy atom. The minimum Gasteiger partial charge on any atom is -0.478 e. The van der Waals surface area contributed by atoms with E-state index in [4.69, 9.17) is 5.11 Å². The first-order chi connectivity index (χ1) is 7.50. The van der Waals surface area contributed by atoms with Crippen LogP contribution in [0.25, 0.3) is 0 Å². The summed E-state index contributed by atoms with van der Waals surface area (Å²) in [6, 6.07) is 5.49. The molecule has 0 bridgehead atoms. The highest BCUT2D eigenvalue weighted by Gasteiger charge is 2.09. The number of aromatic carboxylic acids is 1. The van der Waals surface area contributed by atoms with Gasteiger partial charge in [0.05, 0.1) is 5.56 Å². The average Bonchev–Trinajstić information content (AvgIpc) is 2.26. The number of rotatable bonds is 2. The van der Waals surface area contributed by atoms with E-state index >= 15 is 0 Å². The predicted octanol–water partition coefficient (Wildman–Crippen LogP) is 0.166. The molecule has 2 amide bonds. The zero-order valence-corrected chi connectivity index (χ0v) is 8.48. The summed E-state index contributed by atoms with van der Waals surface area (Å²) in [7, 11) is 0. The van der Waals surface area contributed by atoms with Crippen LogP contribution in [0.4, 0.5) is 0 Å². The summed E-state index contributed by atoms with van der Waals surface area (Å²) in [6.45, 7) is 1.24. The van der Waals surface area contributed by atoms with Crippen molar-refractivity contribution in [2.45, 2.75) is 6.92 Å². The van der Waals surface area contributed by atoms with Crippen molar-refractivity contribution in [3.05, 3.63) is 35.4 Å². The molecular weight excluding hydrogens is 212 g/mol. The molecule has 0 fully saturated rings. The summed E-state index contributed by atoms with van der Waals surface area (Å²) in [5.74, 6) is -2.10. The highest BCUT2D eigenvalue weighted by molar-refractivity contribution is 5.98. The summed E-state index contributed by atoms with van der Waals surface area (Å²) in [4.78, 5) is 32.6. The van der Waals surface area contributed by atoms with Crippen molar-refractivity contribution in [2.75, 3.05) is 0 Å². The topological polar surface area (TPSA) is 95.5 Å². The van der Waals surface area contributed by atoms with E-state index in [2.05, 4.69) is 10.9 Å². The molecule has 1 rings (SSSR count). The van der Waals surface area contributed by atoms with Crippen molar-refractivity contribution in [1.29, 1.82) is 0 Å². The number of carboxylic acid groups (broad SMARTS) is 1. The second-order valence-electron chi connectivity index (χ2n) is 3.02. The van der Waals surface area contributed by atoms with Crippen LogP contribution in [0.15, 0.2) is 24.3 Å². The number of hydrazine groups is 1. The standard InChI is InChI=1S/C10H10N2O4/c1-6(13)11-12-9(14)7-3-2-4-8(5-7)10(15)16/h2-5H,1H3,(H,11,13)(H,12,14)(H,15,16). The van der Waals surface area contributed by atoms with Crippen LogP contribution in [-0.4, -0.2) is 22.9 Å². The smallest absolute Gasteiger partial charge is 0.335 e. The highest BCUT2D eigenvalue weighted by Crippen LogP contribution is 2.04. The average molecular weight is 222 g/mol. The first kappa shape index (κ1) is 11.7. The lowest BCUT2D eigenvalue weighted by atomic mass is 10.1. The van der Waals surface area contributed by atoms with Crippen LogP contribution in [0, 0.1) is 0 Å². The zero-order valence-electron chi connectivity index (χ0n) is 8.48. The molecule has 0 saturated heterocycles. The first-order valence-corrected chi connectivity index (χ1v) is 4.41. The zero-order chi connectivity index (χ0) is 12.1. The van der Waals surface area contributed by atoms with E-state index in [1.54, 1.807) is 0 Å². The van der Waals surface area contributed by atoms with Gasteiger partial charge in [0.25, 0.3) is 5.91 Å². The molecule has 6 nitrogen and oxygen atoms in total. The van der Waals surface area contributed by atoms with Gasteiger partial charge in [0, 0.05) is 12.5 Å². The van der Waals surface area contributed by atoms with Crippen molar-refractivity contribution >= 4 is 17.8 Å². The maximum Gasteiger partial charge on any atom is 0.335 e. The van der Waals surface area contributed by atoms with Crippen LogP contribution in [0.5, 0.6) is 0 Å². The number of nitrogens with one attached hydrogen (secondary N) is 2. The Kier molecular flexibility index (Phi) is 3.60. The summed E-state index contributed by atoms with van der Waals surface area (Å²) >= 11 is 0. The Hall–Kier alpha value is -2.37. The van der Waals surface area contributed by atoms with Crippen molar-refractivity contribution in [3.8, 4) is 0 Å². The van der Waals surface area contributed by atoms with Crippen molar-refractivity contribution < 1.29 is 19.5 Å². The minimum atomic E-state index is -1.12. The molecule has 0 radical (unpaired) electrons. The Bertz CT molecular complexity index is 442. The molecule has 0 heterocycles. The van der Waals surface area contributed by atoms with E-state index in [9.17, 15) is 14.4 Å². The maximum atomic E-state index is 11.4. The van der Waals surface area contributed by atoms with E-state index in [-0.39, 0.29) is 11.1 Å². The van der Waals surface area contributed by atoms with E-state index in [1.807, 2.05) is 0 Å². The first-order valence-electron chi connectivity index (χ1n) is 4.41. The van der Waals surface area contributed by atoms with Gasteiger partial charge in [-0.25, -0.2) is 4.79 Å². The maximum absolute atomic E-state index is 11.4. The number of benzene rings is 1. The number of amides is 2. The lowest BCUT2D eigenvalue weighted by molar-refractivity contribution is -0.119. The van der Waals surface area contributed by atoms with E-state index in [0.29, 0.717) is 0 Å². The minimum absolute atomic E-state index is 0.00970. The van der Waals surface area contributed by atoms with Crippen LogP contribution in [0.3, 0.4) is 0 Å². The lowest BCUT2D eigenvalue weighted by Crippen LogP contribution is -2.40. The monoisotopic (exact) mass is 222 g/mol. The summed E-state index contributed by atoms with van der Waals surface area (Å²) in [5.41, 5.74) is 4.41. The quantitative estimate of drug-likeness (QED) is 0.621. The van der Waals surface area contributed by atoms with Crippen molar-refractivity contribution in [2.24, 2.45) is 0 Å². The fraction of sp³-hybridized carbons (Fsp3) is 0.100. The molecule has 1 aromatic rings. The van der Waals surface area contributed by atoms with Gasteiger partial charge in [-0.2, -0.15) is 0 Å². The normalized spacial score (nSPS) is 9.31. The van der Waals surface area contributed by atoms with Gasteiger partial charge in [-0.1, -0.05) is 6.07 Å². The molecule has 1 aromatic carbocycles. The fourth-order valence-corrected chi connectivity index (χ4v) is 1.01. The molecule has 0 aliphatic heterocycles. The predicted molar refractivity (Wildman–Crippen MR) is 54.7 cm³/mol. The van der Waals surface area contributed by atoms with Crippen LogP contribution >= 0.6 is 0 Å². The molecule has 0 unspecified atom stereocenters. The van der Waals surface area contributed by atoms with Gasteiger partial charge in [0.1, 0.15) is 0 Å². The van der Waals surface area contributed by atoms with Gasteiger partial charge >= 0.3 is 5.97 Å². The second kappa shape index (κ2) is 4.92. The van der Waals surface area contributed by atoms with Gasteiger partial charge in [-0.3, -0.25) is 20.4 Å². The molecule has 0 aromatic heterocycles. The number of carbonyl (C=O) groups excluding carboxylic acids is 2. The molecule has 6 heteroatoms. The van der Waals surface area contributed by atoms with Crippen LogP contribution in [0.1, 0.15) is 27.6 Å². The van der Waals surface area contributed by atoms with Gasteiger partial charge in [0.2, 0.25) is 5.91 Å². The van der Waals surface area contributed by atoms with Crippen molar-refractivity contribution in [3.63, 3.8) is 0 Å². The van der Waals surface area contributed by atoms with Crippen LogP contribution < -0.4 is 10.9 Å². The third kappa shape index (κ3) is 3.09. The Balaban J connectivity index is 2.79. The summed E-state index contributed by atoms with van der Waals surface area (Å²) < 4.78 is 0. The molecule has 0 saturated carbocycles. The number of carbonyl (C=O) groups is 3. The number of carboxylic acids is 1. The molecule has 0 spiro atoms. The van der Waals surface area contributed by atoms with Gasteiger partial charge in [-0.05, 0) is 18.2 Å². The Morgan fingerprint density at radius 1 is 1.12 bits per heavy atom. The lowest BCUT2D eigenvalue weighted by Gasteiger charge is -2.05. The molecule has 0 atom stereocenters. The SMILES string of the molecule is CC(=O)NNC(=O)c1cccc(C(=O)O)c1. The van der Waals surface area contributed by atoms with E-state index < -0.39 is 17.8 Å². The molecule has 0 aliphatic rings. The largest absolute Gasteiger partial charge is 0.478 e. The Labute approximate surface area is 91.2 Å². The van der Waals surface area contributed by atoms with Gasteiger partial charge in [0.15, 0.2) is 0 Å². The number of hydrogen-bond acceptors (Lipinski definition) is 3. The highest BCUT2D eigenvalue weighted by atomic mass is 16.4. The van der Waals surface area contributed by atoms with Gasteiger partial charge in [-0.15, -0.1) is 0 Å². The molecule has 84 valence electrons. The molecule has 16 heavy (non-hydrogen) atoms. The Morgan fingerprint density at radius 3 is 2.31 bits per heavy atom. The molecular formula is C10H10N2O4. The van der Waals surface area contributed by atoms with Crippen LogP contribution in [0.2, 0.25) is 0 Å². The summed E-state index contributed by atoms with van der Waals surface area (Å²) in [6.07, 6.45) is 0. The number of hydrogen-bond donors (Lipinski definition) is 3. The molecule has 0 aliphatic carbocycles. The second-order valence-corrected chi connectivity index (χ2v) is 3.02. The van der Waals surface area contributed by atoms with Gasteiger partial charge < -0.3 is 5.11 Å². The third-order valence-corrected chi connectivity index (χ3v) is 1.72. The van der Waals surface area contributed by atoms with E-state index in [1.165, 1.54) is 31.2 Å². The van der Waals surface area contributed by atoms with Crippen molar-refractivity contribution in [1.82, 2.24) is 10.9 Å². The summed E-state index contributed by atoms with van der Waals surface area (Å²) in [5, 5.41) is 8.71. The van der Waals surface area contributed by atoms with E-state index in [0.717, 1.165) is 0 Å². The molecule has 3 N–H and O–H groups in total. The third-order valence-electron chi connectivity index (χ3n) is 1.72. The van der Waals surface area contributed by atoms with Crippen LogP contribution in [-0.2, 0) is 4.79 Å².